The van der Waals surface area contributed by atoms with Crippen molar-refractivity contribution in [2.24, 2.45) is 0 Å². The zero-order valence-electron chi connectivity index (χ0n) is 11.3. The Bertz CT molecular complexity index is 529. The molecular formula is C13H19N5O. The van der Waals surface area contributed by atoms with Crippen molar-refractivity contribution in [3.05, 3.63) is 35.7 Å². The number of amides is 1. The van der Waals surface area contributed by atoms with E-state index in [2.05, 4.69) is 20.4 Å². The van der Waals surface area contributed by atoms with Gasteiger partial charge in [-0.1, -0.05) is 6.92 Å². The molecule has 0 aliphatic carbocycles. The molecule has 0 saturated heterocycles. The third-order valence-electron chi connectivity index (χ3n) is 2.93. The van der Waals surface area contributed by atoms with Gasteiger partial charge in [0, 0.05) is 31.9 Å². The quantitative estimate of drug-likeness (QED) is 0.819. The summed E-state index contributed by atoms with van der Waals surface area (Å²) in [4.78, 5) is 19.2. The number of carbonyl (C=O) groups is 1. The summed E-state index contributed by atoms with van der Waals surface area (Å²) >= 11 is 0. The Hall–Kier alpha value is -2.11. The smallest absolute Gasteiger partial charge is 0.269 e. The van der Waals surface area contributed by atoms with E-state index in [1.54, 1.807) is 17.1 Å². The molecule has 0 aromatic carbocycles. The van der Waals surface area contributed by atoms with Gasteiger partial charge in [-0.2, -0.15) is 5.10 Å². The second-order valence-corrected chi connectivity index (χ2v) is 4.23. The highest BCUT2D eigenvalue weighted by Gasteiger charge is 2.13. The van der Waals surface area contributed by atoms with Crippen LogP contribution in [0.4, 0.5) is 0 Å². The van der Waals surface area contributed by atoms with E-state index >= 15 is 0 Å². The molecule has 0 saturated carbocycles. The van der Waals surface area contributed by atoms with Crippen LogP contribution in [-0.2, 0) is 19.4 Å². The lowest BCUT2D eigenvalue weighted by atomic mass is 10.3. The molecule has 0 aliphatic rings. The van der Waals surface area contributed by atoms with Crippen LogP contribution in [-0.4, -0.2) is 32.2 Å². The van der Waals surface area contributed by atoms with Crippen LogP contribution in [0, 0.1) is 0 Å². The SMILES string of the molecule is CCc1cc(C(=O)NCCc2ncc[nH]2)n(CC)n1. The van der Waals surface area contributed by atoms with Crippen molar-refractivity contribution in [1.82, 2.24) is 25.1 Å². The zero-order valence-corrected chi connectivity index (χ0v) is 11.3. The van der Waals surface area contributed by atoms with Gasteiger partial charge in [0.2, 0.25) is 0 Å². The lowest BCUT2D eigenvalue weighted by molar-refractivity contribution is 0.0943. The average Bonchev–Trinajstić information content (AvgIpc) is 3.07. The van der Waals surface area contributed by atoms with Crippen LogP contribution in [0.2, 0.25) is 0 Å². The molecule has 2 aromatic heterocycles. The fraction of sp³-hybridized carbons (Fsp3) is 0.462. The van der Waals surface area contributed by atoms with E-state index in [0.717, 1.165) is 17.9 Å². The average molecular weight is 261 g/mol. The molecule has 1 amide bonds. The van der Waals surface area contributed by atoms with Crippen molar-refractivity contribution in [2.75, 3.05) is 6.54 Å². The highest BCUT2D eigenvalue weighted by atomic mass is 16.2. The van der Waals surface area contributed by atoms with E-state index in [1.807, 2.05) is 19.9 Å². The molecule has 0 atom stereocenters. The molecule has 6 nitrogen and oxygen atoms in total. The normalized spacial score (nSPS) is 10.6. The molecule has 0 unspecified atom stereocenters. The van der Waals surface area contributed by atoms with Crippen LogP contribution in [0.3, 0.4) is 0 Å². The number of aryl methyl sites for hydroxylation is 2. The lowest BCUT2D eigenvalue weighted by Gasteiger charge is -2.05. The Morgan fingerprint density at radius 1 is 1.47 bits per heavy atom. The van der Waals surface area contributed by atoms with Crippen molar-refractivity contribution < 1.29 is 4.79 Å². The first-order valence-electron chi connectivity index (χ1n) is 6.57. The van der Waals surface area contributed by atoms with Gasteiger partial charge in [-0.15, -0.1) is 0 Å². The van der Waals surface area contributed by atoms with E-state index in [9.17, 15) is 4.79 Å². The van der Waals surface area contributed by atoms with Crippen LogP contribution in [0.25, 0.3) is 0 Å². The molecule has 102 valence electrons. The number of H-pyrrole nitrogens is 1. The molecule has 6 heteroatoms. The maximum absolute atomic E-state index is 12.1. The molecule has 2 aromatic rings. The van der Waals surface area contributed by atoms with E-state index < -0.39 is 0 Å². The number of nitrogens with zero attached hydrogens (tertiary/aromatic N) is 3. The number of aromatic nitrogens is 4. The second kappa shape index (κ2) is 6.17. The molecule has 0 aliphatic heterocycles. The number of imidazole rings is 1. The Balaban J connectivity index is 1.93. The minimum Gasteiger partial charge on any atom is -0.350 e. The van der Waals surface area contributed by atoms with E-state index in [0.29, 0.717) is 25.2 Å². The van der Waals surface area contributed by atoms with Crippen molar-refractivity contribution in [1.29, 1.82) is 0 Å². The molecule has 0 spiro atoms. The van der Waals surface area contributed by atoms with Gasteiger partial charge in [0.25, 0.3) is 5.91 Å². The van der Waals surface area contributed by atoms with Crippen molar-refractivity contribution in [3.8, 4) is 0 Å². The molecule has 2 rings (SSSR count). The zero-order chi connectivity index (χ0) is 13.7. The monoisotopic (exact) mass is 261 g/mol. The summed E-state index contributed by atoms with van der Waals surface area (Å²) < 4.78 is 1.74. The molecule has 0 fully saturated rings. The van der Waals surface area contributed by atoms with Crippen molar-refractivity contribution in [2.45, 2.75) is 33.2 Å². The standard InChI is InChI=1S/C13H19N5O/c1-3-10-9-11(18(4-2)17-10)13(19)16-6-5-12-14-7-8-15-12/h7-9H,3-6H2,1-2H3,(H,14,15)(H,16,19). The minimum atomic E-state index is -0.0828. The van der Waals surface area contributed by atoms with Gasteiger partial charge >= 0.3 is 0 Å². The van der Waals surface area contributed by atoms with Gasteiger partial charge in [-0.3, -0.25) is 9.48 Å². The number of aromatic amines is 1. The first-order chi connectivity index (χ1) is 9.24. The fourth-order valence-electron chi connectivity index (χ4n) is 1.89. The summed E-state index contributed by atoms with van der Waals surface area (Å²) in [7, 11) is 0. The Labute approximate surface area is 112 Å². The van der Waals surface area contributed by atoms with E-state index in [1.165, 1.54) is 0 Å². The highest BCUT2D eigenvalue weighted by molar-refractivity contribution is 5.92. The van der Waals surface area contributed by atoms with Crippen molar-refractivity contribution >= 4 is 5.91 Å². The van der Waals surface area contributed by atoms with Crippen LogP contribution in [0.5, 0.6) is 0 Å². The van der Waals surface area contributed by atoms with E-state index in [4.69, 9.17) is 0 Å². The van der Waals surface area contributed by atoms with Crippen molar-refractivity contribution in [3.63, 3.8) is 0 Å². The molecular weight excluding hydrogens is 242 g/mol. The van der Waals surface area contributed by atoms with E-state index in [-0.39, 0.29) is 5.91 Å². The summed E-state index contributed by atoms with van der Waals surface area (Å²) in [5, 5.41) is 7.25. The number of nitrogens with one attached hydrogen (secondary N) is 2. The van der Waals surface area contributed by atoms with Crippen LogP contribution < -0.4 is 5.32 Å². The van der Waals surface area contributed by atoms with Gasteiger partial charge in [-0.05, 0) is 19.4 Å². The van der Waals surface area contributed by atoms with Crippen LogP contribution in [0.15, 0.2) is 18.5 Å². The predicted molar refractivity (Wildman–Crippen MR) is 71.9 cm³/mol. The lowest BCUT2D eigenvalue weighted by Crippen LogP contribution is -2.28. The molecule has 2 heterocycles. The van der Waals surface area contributed by atoms with Gasteiger partial charge < -0.3 is 10.3 Å². The van der Waals surface area contributed by atoms with Gasteiger partial charge in [0.1, 0.15) is 11.5 Å². The third-order valence-corrected chi connectivity index (χ3v) is 2.93. The van der Waals surface area contributed by atoms with Gasteiger partial charge in [-0.25, -0.2) is 4.98 Å². The minimum absolute atomic E-state index is 0.0828. The number of carbonyl (C=O) groups excluding carboxylic acids is 1. The summed E-state index contributed by atoms with van der Waals surface area (Å²) in [5.74, 6) is 0.791. The first-order valence-corrected chi connectivity index (χ1v) is 6.57. The van der Waals surface area contributed by atoms with Gasteiger partial charge in [0.15, 0.2) is 0 Å². The number of rotatable bonds is 6. The molecule has 19 heavy (non-hydrogen) atoms. The second-order valence-electron chi connectivity index (χ2n) is 4.23. The highest BCUT2D eigenvalue weighted by Crippen LogP contribution is 2.05. The fourth-order valence-corrected chi connectivity index (χ4v) is 1.89. The maximum atomic E-state index is 12.1. The number of hydrogen-bond acceptors (Lipinski definition) is 3. The summed E-state index contributed by atoms with van der Waals surface area (Å²) in [6.07, 6.45) is 5.01. The molecule has 0 radical (unpaired) electrons. The Morgan fingerprint density at radius 3 is 2.95 bits per heavy atom. The van der Waals surface area contributed by atoms with Crippen LogP contribution >= 0.6 is 0 Å². The summed E-state index contributed by atoms with van der Waals surface area (Å²) in [6.45, 7) is 5.26. The largest absolute Gasteiger partial charge is 0.350 e. The number of hydrogen-bond donors (Lipinski definition) is 2. The third kappa shape index (κ3) is 3.21. The van der Waals surface area contributed by atoms with Crippen LogP contribution in [0.1, 0.15) is 35.9 Å². The van der Waals surface area contributed by atoms with Gasteiger partial charge in [0.05, 0.1) is 5.69 Å². The molecule has 2 N–H and O–H groups in total. The Kier molecular flexibility index (Phi) is 4.33. The summed E-state index contributed by atoms with van der Waals surface area (Å²) in [6, 6.07) is 1.85. The first kappa shape index (κ1) is 13.3. The predicted octanol–water partition coefficient (Wildman–Crippen LogP) is 1.16. The summed E-state index contributed by atoms with van der Waals surface area (Å²) in [5.41, 5.74) is 1.57. The molecule has 0 bridgehead atoms. The Morgan fingerprint density at radius 2 is 2.32 bits per heavy atom. The maximum Gasteiger partial charge on any atom is 0.269 e. The topological polar surface area (TPSA) is 75.6 Å².